The van der Waals surface area contributed by atoms with Crippen LogP contribution in [0.5, 0.6) is 17.2 Å². The average Bonchev–Trinajstić information content (AvgIpc) is 3.63. The number of ether oxygens (including phenoxy) is 3. The molecule has 0 aliphatic carbocycles. The standard InChI is InChI=1S/C33H26IN3O4/c1-22-7-14-29(25-5-3-2-4-6-25)37(22)27-12-10-26(11-13-27)33(38)36-35-19-23-8-15-30(28(34)17-23)39-20-24-9-16-31-32(18-24)41-21-40-31/h2-19H,20-21H2,1H3,(H,36,38)/b35-19+. The van der Waals surface area contributed by atoms with Gasteiger partial charge in [0.15, 0.2) is 11.5 Å². The summed E-state index contributed by atoms with van der Waals surface area (Å²) in [6.07, 6.45) is 1.62. The van der Waals surface area contributed by atoms with Crippen LogP contribution in [-0.2, 0) is 6.61 Å². The molecule has 8 heteroatoms. The first kappa shape index (κ1) is 26.6. The van der Waals surface area contributed by atoms with E-state index >= 15 is 0 Å². The minimum absolute atomic E-state index is 0.247. The molecule has 0 atom stereocenters. The maximum Gasteiger partial charge on any atom is 0.271 e. The molecule has 6 rings (SSSR count). The summed E-state index contributed by atoms with van der Waals surface area (Å²) in [5.41, 5.74) is 9.32. The minimum Gasteiger partial charge on any atom is -0.488 e. The lowest BCUT2D eigenvalue weighted by Gasteiger charge is -2.12. The number of nitrogens with one attached hydrogen (secondary N) is 1. The van der Waals surface area contributed by atoms with Crippen molar-refractivity contribution in [2.24, 2.45) is 5.10 Å². The van der Waals surface area contributed by atoms with Crippen LogP contribution in [0.3, 0.4) is 0 Å². The van der Waals surface area contributed by atoms with Crippen molar-refractivity contribution in [1.82, 2.24) is 9.99 Å². The first-order chi connectivity index (χ1) is 20.0. The second-order valence-corrected chi connectivity index (χ2v) is 10.6. The van der Waals surface area contributed by atoms with E-state index in [9.17, 15) is 4.79 Å². The minimum atomic E-state index is -0.279. The van der Waals surface area contributed by atoms with E-state index in [2.05, 4.69) is 68.9 Å². The molecule has 1 N–H and O–H groups in total. The van der Waals surface area contributed by atoms with Crippen LogP contribution < -0.4 is 19.6 Å². The molecule has 0 bridgehead atoms. The van der Waals surface area contributed by atoms with Crippen LogP contribution in [0.1, 0.15) is 27.2 Å². The number of carbonyl (C=O) groups excluding carboxylic acids is 1. The number of aromatic nitrogens is 1. The Kier molecular flexibility index (Phi) is 7.73. The van der Waals surface area contributed by atoms with Gasteiger partial charge >= 0.3 is 0 Å². The van der Waals surface area contributed by atoms with Gasteiger partial charge < -0.3 is 18.8 Å². The molecule has 0 radical (unpaired) electrons. The summed E-state index contributed by atoms with van der Waals surface area (Å²) in [5.74, 6) is 1.97. The molecule has 1 aliphatic heterocycles. The number of hydrogen-bond acceptors (Lipinski definition) is 5. The Morgan fingerprint density at radius 3 is 2.56 bits per heavy atom. The summed E-state index contributed by atoms with van der Waals surface area (Å²) < 4.78 is 19.9. The van der Waals surface area contributed by atoms with E-state index in [4.69, 9.17) is 14.2 Å². The summed E-state index contributed by atoms with van der Waals surface area (Å²) in [5, 5.41) is 4.16. The van der Waals surface area contributed by atoms with Crippen molar-refractivity contribution >= 4 is 34.7 Å². The van der Waals surface area contributed by atoms with E-state index in [1.54, 1.807) is 6.21 Å². The lowest BCUT2D eigenvalue weighted by molar-refractivity contribution is 0.0955. The SMILES string of the molecule is Cc1ccc(-c2ccccc2)n1-c1ccc(C(=O)N/N=C/c2ccc(OCc3ccc4c(c3)OCO4)c(I)c2)cc1. The van der Waals surface area contributed by atoms with Gasteiger partial charge in [0.2, 0.25) is 6.79 Å². The van der Waals surface area contributed by atoms with Crippen molar-refractivity contribution in [3.63, 3.8) is 0 Å². The largest absolute Gasteiger partial charge is 0.488 e. The molecular weight excluding hydrogens is 629 g/mol. The Bertz CT molecular complexity index is 1730. The Hall–Kier alpha value is -4.57. The highest BCUT2D eigenvalue weighted by Crippen LogP contribution is 2.33. The number of rotatable bonds is 8. The number of nitrogens with zero attached hydrogens (tertiary/aromatic N) is 2. The van der Waals surface area contributed by atoms with Crippen molar-refractivity contribution in [2.75, 3.05) is 6.79 Å². The molecule has 5 aromatic rings. The maximum atomic E-state index is 12.7. The molecule has 0 spiro atoms. The monoisotopic (exact) mass is 655 g/mol. The molecular formula is C33H26IN3O4. The highest BCUT2D eigenvalue weighted by molar-refractivity contribution is 14.1. The topological polar surface area (TPSA) is 74.1 Å². The van der Waals surface area contributed by atoms with Gasteiger partial charge in [-0.2, -0.15) is 5.10 Å². The Morgan fingerprint density at radius 1 is 0.951 bits per heavy atom. The molecule has 0 fully saturated rings. The fourth-order valence-corrected chi connectivity index (χ4v) is 5.31. The number of benzene rings is 4. The third-order valence-electron chi connectivity index (χ3n) is 6.70. The van der Waals surface area contributed by atoms with Gasteiger partial charge in [0.25, 0.3) is 5.91 Å². The van der Waals surface area contributed by atoms with Crippen molar-refractivity contribution in [2.45, 2.75) is 13.5 Å². The molecule has 1 aromatic heterocycles. The Labute approximate surface area is 251 Å². The molecule has 7 nitrogen and oxygen atoms in total. The molecule has 204 valence electrons. The van der Waals surface area contributed by atoms with Crippen molar-refractivity contribution in [3.05, 3.63) is 129 Å². The predicted molar refractivity (Wildman–Crippen MR) is 167 cm³/mol. The van der Waals surface area contributed by atoms with E-state index < -0.39 is 0 Å². The van der Waals surface area contributed by atoms with Crippen LogP contribution in [-0.4, -0.2) is 23.5 Å². The number of halogens is 1. The zero-order valence-electron chi connectivity index (χ0n) is 22.2. The van der Waals surface area contributed by atoms with E-state index in [0.29, 0.717) is 12.2 Å². The highest BCUT2D eigenvalue weighted by Gasteiger charge is 2.14. The van der Waals surface area contributed by atoms with Gasteiger partial charge in [0.1, 0.15) is 12.4 Å². The van der Waals surface area contributed by atoms with Crippen molar-refractivity contribution in [3.8, 4) is 34.2 Å². The Balaban J connectivity index is 1.06. The van der Waals surface area contributed by atoms with Gasteiger partial charge in [0.05, 0.1) is 15.5 Å². The quantitative estimate of drug-likeness (QED) is 0.110. The molecule has 4 aromatic carbocycles. The molecule has 0 unspecified atom stereocenters. The first-order valence-corrected chi connectivity index (χ1v) is 14.1. The summed E-state index contributed by atoms with van der Waals surface area (Å²) >= 11 is 2.23. The average molecular weight is 655 g/mol. The summed E-state index contributed by atoms with van der Waals surface area (Å²) in [6, 6.07) is 33.5. The van der Waals surface area contributed by atoms with Crippen molar-refractivity contribution < 1.29 is 19.0 Å². The highest BCUT2D eigenvalue weighted by atomic mass is 127. The first-order valence-electron chi connectivity index (χ1n) is 13.0. The van der Waals surface area contributed by atoms with Crippen LogP contribution in [0.4, 0.5) is 0 Å². The fraction of sp³-hybridized carbons (Fsp3) is 0.0909. The van der Waals surface area contributed by atoms with Gasteiger partial charge in [0, 0.05) is 16.9 Å². The second kappa shape index (κ2) is 11.9. The normalized spacial score (nSPS) is 12.0. The summed E-state index contributed by atoms with van der Waals surface area (Å²) in [6.45, 7) is 2.73. The molecule has 0 saturated carbocycles. The van der Waals surface area contributed by atoms with Gasteiger partial charge in [-0.1, -0.05) is 36.4 Å². The second-order valence-electron chi connectivity index (χ2n) is 9.47. The summed E-state index contributed by atoms with van der Waals surface area (Å²) in [4.78, 5) is 12.7. The molecule has 1 amide bonds. The van der Waals surface area contributed by atoms with E-state index in [-0.39, 0.29) is 12.7 Å². The molecule has 1 aliphatic rings. The van der Waals surface area contributed by atoms with E-state index in [0.717, 1.165) is 54.6 Å². The maximum absolute atomic E-state index is 12.7. The number of fused-ring (bicyclic) bond motifs is 1. The van der Waals surface area contributed by atoms with Crippen LogP contribution >= 0.6 is 22.6 Å². The number of aryl methyl sites for hydroxylation is 1. The van der Waals surface area contributed by atoms with Crippen LogP contribution in [0.25, 0.3) is 16.9 Å². The zero-order chi connectivity index (χ0) is 28.2. The lowest BCUT2D eigenvalue weighted by atomic mass is 10.1. The van der Waals surface area contributed by atoms with Gasteiger partial charge in [-0.15, -0.1) is 0 Å². The van der Waals surface area contributed by atoms with Gasteiger partial charge in [-0.25, -0.2) is 5.43 Å². The van der Waals surface area contributed by atoms with Crippen LogP contribution in [0.15, 0.2) is 108 Å². The fourth-order valence-electron chi connectivity index (χ4n) is 4.61. The number of hydrazone groups is 1. The number of hydrogen-bond donors (Lipinski definition) is 1. The summed E-state index contributed by atoms with van der Waals surface area (Å²) in [7, 11) is 0. The predicted octanol–water partition coefficient (Wildman–Crippen LogP) is 7.13. The van der Waals surface area contributed by atoms with Crippen molar-refractivity contribution in [1.29, 1.82) is 0 Å². The van der Waals surface area contributed by atoms with Gasteiger partial charge in [-0.05, 0) is 113 Å². The molecule has 0 saturated heterocycles. The molecule has 2 heterocycles. The van der Waals surface area contributed by atoms with Crippen LogP contribution in [0.2, 0.25) is 0 Å². The third kappa shape index (κ3) is 5.97. The lowest BCUT2D eigenvalue weighted by Crippen LogP contribution is -2.17. The third-order valence-corrected chi connectivity index (χ3v) is 7.54. The van der Waals surface area contributed by atoms with E-state index in [1.165, 1.54) is 0 Å². The van der Waals surface area contributed by atoms with Gasteiger partial charge in [-0.3, -0.25) is 4.79 Å². The molecule has 41 heavy (non-hydrogen) atoms. The zero-order valence-corrected chi connectivity index (χ0v) is 24.4. The smallest absolute Gasteiger partial charge is 0.271 e. The van der Waals surface area contributed by atoms with E-state index in [1.807, 2.05) is 78.9 Å². The van der Waals surface area contributed by atoms with Crippen LogP contribution in [0, 0.1) is 10.5 Å². The number of carbonyl (C=O) groups is 1. The Morgan fingerprint density at radius 2 is 1.76 bits per heavy atom. The number of amides is 1.